The van der Waals surface area contributed by atoms with Gasteiger partial charge < -0.3 is 37.3 Å². The minimum atomic E-state index is -0.0160. The Morgan fingerprint density at radius 1 is 0.706 bits per heavy atom. The fourth-order valence-electron chi connectivity index (χ4n) is 0.580. The third kappa shape index (κ3) is 130. The maximum absolute atomic E-state index is 11.0. The molecule has 0 aliphatic carbocycles. The Morgan fingerprint density at radius 2 is 0.853 bits per heavy atom. The molecule has 34 heavy (non-hydrogen) atoms. The Morgan fingerprint density at radius 3 is 0.912 bits per heavy atom. The molecule has 0 bridgehead atoms. The topological polar surface area (TPSA) is 68.3 Å². The van der Waals surface area contributed by atoms with E-state index in [2.05, 4.69) is 0 Å². The summed E-state index contributed by atoms with van der Waals surface area (Å²) in [5.41, 5.74) is 0. The molecule has 0 fully saturated rings. The number of hydrogen-bond acceptors (Lipinski definition) is 4. The van der Waals surface area contributed by atoms with Crippen LogP contribution in [0.15, 0.2) is 0 Å². The van der Waals surface area contributed by atoms with Gasteiger partial charge in [-0.05, 0) is 0 Å². The molecule has 0 amide bonds. The van der Waals surface area contributed by atoms with Gasteiger partial charge in [-0.25, -0.2) is 0 Å². The van der Waals surface area contributed by atoms with E-state index in [1.54, 1.807) is 33.3 Å². The molecule has 0 saturated carbocycles. The molecule has 0 aromatic carbocycles. The maximum atomic E-state index is 11.0. The van der Waals surface area contributed by atoms with Crippen LogP contribution in [-0.4, -0.2) is 24.1 Å². The van der Waals surface area contributed by atoms with Crippen molar-refractivity contribution in [1.29, 1.82) is 0 Å². The van der Waals surface area contributed by atoms with Crippen molar-refractivity contribution in [3.63, 3.8) is 0 Å². The van der Waals surface area contributed by atoms with Crippen molar-refractivity contribution < 1.29 is 103 Å². The minimum absolute atomic E-state index is 0. The van der Waals surface area contributed by atoms with Gasteiger partial charge >= 0.3 is 42.1 Å². The van der Waals surface area contributed by atoms with Gasteiger partial charge in [-0.1, -0.05) is 62.3 Å². The smallest absolute Gasteiger partial charge is 0.542 e. The Bertz CT molecular complexity index is 304. The van der Waals surface area contributed by atoms with Crippen molar-refractivity contribution in [3.8, 4) is 0 Å². The van der Waals surface area contributed by atoms with Gasteiger partial charge in [-0.2, -0.15) is 34.1 Å². The van der Waals surface area contributed by atoms with Crippen molar-refractivity contribution in [3.05, 3.63) is 27.7 Å². The number of Topliss-reactive ketones (excluding diaryl/α,β-unsaturated/α-hetero) is 2. The van der Waals surface area contributed by atoms with Crippen LogP contribution in [-0.2, 0) is 103 Å². The van der Waals surface area contributed by atoms with E-state index in [0.29, 0.717) is 6.42 Å². The van der Waals surface area contributed by atoms with Crippen LogP contribution in [0.1, 0.15) is 103 Å². The first-order chi connectivity index (χ1) is 13.0. The van der Waals surface area contributed by atoms with Crippen molar-refractivity contribution >= 4 is 24.1 Å². The van der Waals surface area contributed by atoms with Gasteiger partial charge in [0.05, 0.1) is 6.42 Å². The third-order valence-corrected chi connectivity index (χ3v) is 2.02. The van der Waals surface area contributed by atoms with E-state index in [0.717, 1.165) is 0 Å². The fourth-order valence-corrected chi connectivity index (χ4v) is 0.580. The summed E-state index contributed by atoms with van der Waals surface area (Å²) in [5.74, 6) is 0.137. The zero-order valence-electron chi connectivity index (χ0n) is 24.6. The van der Waals surface area contributed by atoms with Crippen LogP contribution in [0.5, 0.6) is 0 Å². The largest absolute Gasteiger partial charge is 2.00 e. The predicted octanol–water partition coefficient (Wildman–Crippen LogP) is 7.46. The van der Waals surface area contributed by atoms with Crippen molar-refractivity contribution in [1.82, 2.24) is 0 Å². The Hall–Kier alpha value is 1.43. The average Bonchev–Trinajstić information content (AvgIpc) is 2.65. The zero-order chi connectivity index (χ0) is 24.1. The van der Waals surface area contributed by atoms with Gasteiger partial charge in [0.15, 0.2) is 0 Å². The van der Waals surface area contributed by atoms with E-state index in [1.807, 2.05) is 82.1 Å². The first-order valence-corrected chi connectivity index (χ1v) is 10.2. The summed E-state index contributed by atoms with van der Waals surface area (Å²) in [7, 11) is 0. The minimum Gasteiger partial charge on any atom is -0.542 e. The SMILES string of the molecule is CC.CC(C)C(=O)CC(=O)C(C)C.CC(C)[C-]=O.CC[C-]=O.C[CH-]C.C[CH-]C.[CH3-].[CH3-].[W+2].[W+2].[W].[W]. The van der Waals surface area contributed by atoms with Crippen LogP contribution in [0.2, 0.25) is 0 Å². The monoisotopic (exact) mass is 1170 g/mol. The molecule has 0 unspecified atom stereocenters. The second-order valence-corrected chi connectivity index (χ2v) is 6.34. The van der Waals surface area contributed by atoms with Gasteiger partial charge in [0.2, 0.25) is 0 Å². The van der Waals surface area contributed by atoms with Crippen molar-refractivity contribution in [2.45, 2.75) is 103 Å². The van der Waals surface area contributed by atoms with Gasteiger partial charge in [0.1, 0.15) is 11.6 Å². The molecule has 0 saturated heterocycles. The van der Waals surface area contributed by atoms with Gasteiger partial charge in [-0.15, -0.1) is 5.92 Å². The summed E-state index contributed by atoms with van der Waals surface area (Å²) in [5, 5.41) is 0. The Labute approximate surface area is 273 Å². The van der Waals surface area contributed by atoms with Crippen LogP contribution in [0.4, 0.5) is 0 Å². The fraction of sp³-hybridized carbons (Fsp3) is 0.692. The molecule has 4 nitrogen and oxygen atoms in total. The Kier molecular flexibility index (Phi) is 172. The molecule has 0 radical (unpaired) electrons. The number of carbonyl (C=O) groups is 2. The van der Waals surface area contributed by atoms with Crippen LogP contribution < -0.4 is 0 Å². The summed E-state index contributed by atoms with van der Waals surface area (Å²) >= 11 is 0. The quantitative estimate of drug-likeness (QED) is 0.205. The van der Waals surface area contributed by atoms with E-state index in [9.17, 15) is 14.4 Å². The normalized spacial score (nSPS) is 6.71. The average molecular weight is 1170 g/mol. The molecule has 0 atom stereocenters. The maximum Gasteiger partial charge on any atom is 2.00 e. The third-order valence-electron chi connectivity index (χ3n) is 2.02. The molecule has 0 aliphatic rings. The van der Waals surface area contributed by atoms with Crippen LogP contribution >= 0.6 is 0 Å². The van der Waals surface area contributed by atoms with Crippen LogP contribution in [0, 0.1) is 45.4 Å². The first kappa shape index (κ1) is 76.5. The van der Waals surface area contributed by atoms with Gasteiger partial charge in [-0.3, -0.25) is 22.2 Å². The van der Waals surface area contributed by atoms with E-state index in [-0.39, 0.29) is 135 Å². The molecule has 0 spiro atoms. The van der Waals surface area contributed by atoms with Crippen LogP contribution in [0.25, 0.3) is 0 Å². The molecular weight excluding hydrogens is 1110 g/mol. The summed E-state index contributed by atoms with van der Waals surface area (Å²) < 4.78 is 0. The summed E-state index contributed by atoms with van der Waals surface area (Å²) in [6.07, 6.45) is 8.08. The number of rotatable bonds is 6. The summed E-state index contributed by atoms with van der Waals surface area (Å²) in [4.78, 5) is 40.5. The van der Waals surface area contributed by atoms with E-state index >= 15 is 0 Å². The summed E-state index contributed by atoms with van der Waals surface area (Å²) in [6.45, 7) is 24.6. The number of hydrogen-bond donors (Lipinski definition) is 0. The van der Waals surface area contributed by atoms with Crippen LogP contribution in [0.3, 0.4) is 0 Å². The van der Waals surface area contributed by atoms with Crippen molar-refractivity contribution in [2.24, 2.45) is 17.8 Å². The Balaban J connectivity index is -0.0000000183. The van der Waals surface area contributed by atoms with Gasteiger partial charge in [0.25, 0.3) is 0 Å². The number of ketones is 2. The standard InChI is InChI=1S/C9H16O2.C4H7O.C3H5O.2C3H7.C2H6.2CH3.4W/c1-6(2)8(10)5-9(11)7(3)4;1-4(2)3-5;1-2-3-4;2*1-3-2;1-2;;;;;;/h6-7H,5H2,1-4H3;4H,1-2H3;2H2,1H3;2*3H,1-2H3;1-2H3;2*1H3;;;;/q;4*-1;;2*-1;;;2*+2. The van der Waals surface area contributed by atoms with Crippen molar-refractivity contribution in [2.75, 3.05) is 0 Å². The van der Waals surface area contributed by atoms with E-state index < -0.39 is 0 Å². The zero-order valence-corrected chi connectivity index (χ0v) is 36.3. The molecule has 0 aliphatic heterocycles. The molecule has 0 aromatic heterocycles. The van der Waals surface area contributed by atoms with Gasteiger partial charge in [0, 0.05) is 54.0 Å². The predicted molar refractivity (Wildman–Crippen MR) is 136 cm³/mol. The van der Waals surface area contributed by atoms with E-state index in [4.69, 9.17) is 4.79 Å². The molecule has 0 rings (SSSR count). The summed E-state index contributed by atoms with van der Waals surface area (Å²) in [6, 6.07) is 0. The number of carbonyl (C=O) groups excluding carboxylic acids is 4. The second kappa shape index (κ2) is 76.5. The second-order valence-electron chi connectivity index (χ2n) is 6.34. The molecular formula is C26H54O4W4-2. The molecule has 0 N–H and O–H groups in total. The molecule has 0 heterocycles. The first-order valence-electron chi connectivity index (χ1n) is 10.2. The molecule has 8 heteroatoms. The van der Waals surface area contributed by atoms with E-state index in [1.165, 1.54) is 0 Å². The molecule has 0 aromatic rings. The molecule has 208 valence electrons.